The monoisotopic (exact) mass is 438 g/mol. The number of hydrogen-bond acceptors (Lipinski definition) is 6. The van der Waals surface area contributed by atoms with Gasteiger partial charge in [-0.25, -0.2) is 0 Å². The van der Waals surface area contributed by atoms with Gasteiger partial charge in [-0.2, -0.15) is 0 Å². The second-order valence-corrected chi connectivity index (χ2v) is 9.81. The molecule has 0 saturated carbocycles. The number of benzene rings is 2. The van der Waals surface area contributed by atoms with Crippen LogP contribution >= 0.6 is 23.1 Å². The van der Waals surface area contributed by atoms with Crippen LogP contribution in [-0.4, -0.2) is 34.1 Å². The summed E-state index contributed by atoms with van der Waals surface area (Å²) < 4.78 is 0.877. The Morgan fingerprint density at radius 2 is 1.83 bits per heavy atom. The molecule has 0 aliphatic carbocycles. The van der Waals surface area contributed by atoms with Crippen LogP contribution in [0.4, 0.5) is 5.13 Å². The molecule has 30 heavy (non-hydrogen) atoms. The van der Waals surface area contributed by atoms with Crippen molar-refractivity contribution in [1.82, 2.24) is 15.1 Å². The first kappa shape index (κ1) is 21.0. The number of rotatable bonds is 7. The highest BCUT2D eigenvalue weighted by Crippen LogP contribution is 2.29. The van der Waals surface area contributed by atoms with E-state index in [0.717, 1.165) is 42.6 Å². The molecule has 7 heteroatoms. The van der Waals surface area contributed by atoms with E-state index in [1.54, 1.807) is 11.8 Å². The third-order valence-electron chi connectivity index (χ3n) is 5.46. The van der Waals surface area contributed by atoms with Crippen LogP contribution in [0.1, 0.15) is 29.5 Å². The Bertz CT molecular complexity index is 968. The Balaban J connectivity index is 1.23. The normalized spacial score (nSPS) is 15.2. The number of carbonyl (C=O) groups excluding carboxylic acids is 1. The number of aromatic nitrogens is 2. The molecule has 1 saturated heterocycles. The fourth-order valence-corrected chi connectivity index (χ4v) is 5.34. The molecule has 2 aromatic carbocycles. The number of nitrogens with zero attached hydrogens (tertiary/aromatic N) is 3. The molecule has 2 heterocycles. The third kappa shape index (κ3) is 5.68. The summed E-state index contributed by atoms with van der Waals surface area (Å²) in [4.78, 5) is 15.1. The van der Waals surface area contributed by atoms with Gasteiger partial charge in [-0.15, -0.1) is 10.2 Å². The zero-order valence-electron chi connectivity index (χ0n) is 17.1. The van der Waals surface area contributed by atoms with Gasteiger partial charge < -0.3 is 5.32 Å². The molecule has 1 N–H and O–H groups in total. The van der Waals surface area contributed by atoms with E-state index in [9.17, 15) is 4.79 Å². The van der Waals surface area contributed by atoms with Gasteiger partial charge in [0.15, 0.2) is 4.34 Å². The number of carbonyl (C=O) groups is 1. The molecular formula is C23H26N4OS2. The molecular weight excluding hydrogens is 412 g/mol. The van der Waals surface area contributed by atoms with Crippen molar-refractivity contribution in [3.05, 3.63) is 71.3 Å². The lowest BCUT2D eigenvalue weighted by Gasteiger charge is -2.31. The topological polar surface area (TPSA) is 58.1 Å². The van der Waals surface area contributed by atoms with Gasteiger partial charge in [-0.05, 0) is 49.5 Å². The molecule has 5 nitrogen and oxygen atoms in total. The van der Waals surface area contributed by atoms with Crippen LogP contribution < -0.4 is 5.32 Å². The number of likely N-dealkylation sites (tertiary alicyclic amines) is 1. The fraction of sp³-hybridized carbons (Fsp3) is 0.348. The summed E-state index contributed by atoms with van der Waals surface area (Å²) in [6.07, 6.45) is 1.76. The lowest BCUT2D eigenvalue weighted by molar-refractivity contribution is -0.121. The number of anilines is 1. The summed E-state index contributed by atoms with van der Waals surface area (Å²) in [6.45, 7) is 5.00. The minimum Gasteiger partial charge on any atom is -0.300 e. The van der Waals surface area contributed by atoms with Crippen molar-refractivity contribution in [3.8, 4) is 0 Å². The highest BCUT2D eigenvalue weighted by molar-refractivity contribution is 8.00. The van der Waals surface area contributed by atoms with Crippen molar-refractivity contribution in [1.29, 1.82) is 0 Å². The molecule has 3 aromatic rings. The molecule has 0 atom stereocenters. The van der Waals surface area contributed by atoms with Crippen molar-refractivity contribution >= 4 is 34.1 Å². The standard InChI is InChI=1S/C23H26N4OS2/c1-17-7-5-6-10-20(17)15-27-13-11-19(12-14-27)21(28)24-22-25-26-23(30-22)29-16-18-8-3-2-4-9-18/h2-10,19H,11-16H2,1H3,(H,24,25,28). The van der Waals surface area contributed by atoms with Gasteiger partial charge in [0.1, 0.15) is 0 Å². The van der Waals surface area contributed by atoms with Crippen LogP contribution in [0.3, 0.4) is 0 Å². The first-order chi connectivity index (χ1) is 14.7. The predicted molar refractivity (Wildman–Crippen MR) is 124 cm³/mol. The van der Waals surface area contributed by atoms with Crippen LogP contribution in [0.15, 0.2) is 58.9 Å². The van der Waals surface area contributed by atoms with Crippen LogP contribution in [0, 0.1) is 12.8 Å². The van der Waals surface area contributed by atoms with E-state index in [1.807, 2.05) is 18.2 Å². The third-order valence-corrected chi connectivity index (χ3v) is 7.50. The molecule has 156 valence electrons. The summed E-state index contributed by atoms with van der Waals surface area (Å²) in [5.41, 5.74) is 3.95. The number of piperidine rings is 1. The molecule has 0 bridgehead atoms. The highest BCUT2D eigenvalue weighted by atomic mass is 32.2. The van der Waals surface area contributed by atoms with E-state index in [1.165, 1.54) is 28.0 Å². The van der Waals surface area contributed by atoms with Crippen molar-refractivity contribution in [2.45, 2.75) is 36.4 Å². The lowest BCUT2D eigenvalue weighted by atomic mass is 9.95. The van der Waals surface area contributed by atoms with Gasteiger partial charge in [-0.3, -0.25) is 9.69 Å². The summed E-state index contributed by atoms with van der Waals surface area (Å²) in [5.74, 6) is 0.965. The molecule has 1 aliphatic heterocycles. The van der Waals surface area contributed by atoms with Crippen LogP contribution in [0.25, 0.3) is 0 Å². The molecule has 1 fully saturated rings. The minimum atomic E-state index is 0.0439. The Morgan fingerprint density at radius 3 is 2.60 bits per heavy atom. The van der Waals surface area contributed by atoms with Gasteiger partial charge in [0.2, 0.25) is 11.0 Å². The van der Waals surface area contributed by atoms with Gasteiger partial charge in [0.05, 0.1) is 0 Å². The van der Waals surface area contributed by atoms with Crippen molar-refractivity contribution in [2.24, 2.45) is 5.92 Å². The maximum absolute atomic E-state index is 12.7. The van der Waals surface area contributed by atoms with Gasteiger partial charge in [0.25, 0.3) is 0 Å². The summed E-state index contributed by atoms with van der Waals surface area (Å²) in [7, 11) is 0. The lowest BCUT2D eigenvalue weighted by Crippen LogP contribution is -2.37. The number of thioether (sulfide) groups is 1. The zero-order valence-corrected chi connectivity index (χ0v) is 18.7. The zero-order chi connectivity index (χ0) is 20.8. The minimum absolute atomic E-state index is 0.0439. The van der Waals surface area contributed by atoms with E-state index in [0.29, 0.717) is 5.13 Å². The Morgan fingerprint density at radius 1 is 1.10 bits per heavy atom. The first-order valence-corrected chi connectivity index (χ1v) is 12.1. The molecule has 0 unspecified atom stereocenters. The predicted octanol–water partition coefficient (Wildman–Crippen LogP) is 4.99. The van der Waals surface area contributed by atoms with E-state index in [2.05, 4.69) is 63.7 Å². The second kappa shape index (κ2) is 10.2. The maximum atomic E-state index is 12.7. The Kier molecular flexibility index (Phi) is 7.15. The molecule has 4 rings (SSSR count). The van der Waals surface area contributed by atoms with Gasteiger partial charge in [0, 0.05) is 18.2 Å². The summed E-state index contributed by atoms with van der Waals surface area (Å²) in [5, 5.41) is 11.9. The molecule has 1 amide bonds. The van der Waals surface area contributed by atoms with Crippen molar-refractivity contribution in [2.75, 3.05) is 18.4 Å². The number of aryl methyl sites for hydroxylation is 1. The number of nitrogens with one attached hydrogen (secondary N) is 1. The fourth-order valence-electron chi connectivity index (χ4n) is 3.63. The number of hydrogen-bond donors (Lipinski definition) is 1. The number of amides is 1. The SMILES string of the molecule is Cc1ccccc1CN1CCC(C(=O)Nc2nnc(SCc3ccccc3)s2)CC1. The van der Waals surface area contributed by atoms with E-state index in [4.69, 9.17) is 0 Å². The molecule has 1 aliphatic rings. The molecule has 0 radical (unpaired) electrons. The Hall–Kier alpha value is -2.22. The van der Waals surface area contributed by atoms with Gasteiger partial charge in [-0.1, -0.05) is 77.7 Å². The quantitative estimate of drug-likeness (QED) is 0.416. The van der Waals surface area contributed by atoms with Gasteiger partial charge >= 0.3 is 0 Å². The molecule has 1 aromatic heterocycles. The smallest absolute Gasteiger partial charge is 0.229 e. The van der Waals surface area contributed by atoms with Crippen molar-refractivity contribution in [3.63, 3.8) is 0 Å². The highest BCUT2D eigenvalue weighted by Gasteiger charge is 2.26. The van der Waals surface area contributed by atoms with E-state index in [-0.39, 0.29) is 11.8 Å². The largest absolute Gasteiger partial charge is 0.300 e. The average molecular weight is 439 g/mol. The van der Waals surface area contributed by atoms with Crippen LogP contribution in [0.2, 0.25) is 0 Å². The van der Waals surface area contributed by atoms with Crippen LogP contribution in [0.5, 0.6) is 0 Å². The average Bonchev–Trinajstić information content (AvgIpc) is 3.22. The van der Waals surface area contributed by atoms with Crippen molar-refractivity contribution < 1.29 is 4.79 Å². The summed E-state index contributed by atoms with van der Waals surface area (Å²) in [6, 6.07) is 18.8. The Labute approximate surface area is 185 Å². The maximum Gasteiger partial charge on any atom is 0.229 e. The summed E-state index contributed by atoms with van der Waals surface area (Å²) >= 11 is 3.09. The van der Waals surface area contributed by atoms with E-state index < -0.39 is 0 Å². The van der Waals surface area contributed by atoms with E-state index >= 15 is 0 Å². The second-order valence-electron chi connectivity index (χ2n) is 7.61. The first-order valence-electron chi connectivity index (χ1n) is 10.3. The molecule has 0 spiro atoms. The van der Waals surface area contributed by atoms with Crippen LogP contribution in [-0.2, 0) is 17.1 Å².